The number of carboxylic acids is 1. The molecule has 0 aliphatic carbocycles. The lowest BCUT2D eigenvalue weighted by atomic mass is 10.0. The minimum atomic E-state index is -1.16. The summed E-state index contributed by atoms with van der Waals surface area (Å²) in [5, 5.41) is 31.7. The standard InChI is InChI=1S/C13H18ClNO4/c1-7(15-11(8(2)16)13(18)19)12(17)9-3-5-10(14)6-4-9/h3-8,11-12,15-17H,1-2H3,(H,18,19). The third kappa shape index (κ3) is 4.47. The Morgan fingerprint density at radius 2 is 1.74 bits per heavy atom. The van der Waals surface area contributed by atoms with Gasteiger partial charge in [0.15, 0.2) is 0 Å². The van der Waals surface area contributed by atoms with Gasteiger partial charge in [-0.1, -0.05) is 23.7 Å². The summed E-state index contributed by atoms with van der Waals surface area (Å²) in [5.74, 6) is -1.16. The molecule has 1 aromatic rings. The molecule has 0 amide bonds. The molecular formula is C13H18ClNO4. The third-order valence-corrected chi connectivity index (χ3v) is 3.13. The van der Waals surface area contributed by atoms with Crippen molar-refractivity contribution in [1.29, 1.82) is 0 Å². The fourth-order valence-electron chi connectivity index (χ4n) is 1.74. The van der Waals surface area contributed by atoms with Crippen LogP contribution in [0, 0.1) is 0 Å². The van der Waals surface area contributed by atoms with Crippen LogP contribution in [0.2, 0.25) is 5.02 Å². The molecule has 0 fully saturated rings. The van der Waals surface area contributed by atoms with Crippen LogP contribution in [-0.4, -0.2) is 39.5 Å². The van der Waals surface area contributed by atoms with Crippen LogP contribution in [0.1, 0.15) is 25.5 Å². The fraction of sp³-hybridized carbons (Fsp3) is 0.462. The molecule has 4 N–H and O–H groups in total. The number of aliphatic hydroxyl groups is 2. The minimum Gasteiger partial charge on any atom is -0.480 e. The zero-order valence-corrected chi connectivity index (χ0v) is 11.5. The molecule has 106 valence electrons. The van der Waals surface area contributed by atoms with Crippen molar-refractivity contribution in [2.45, 2.75) is 38.1 Å². The number of carboxylic acid groups (broad SMARTS) is 1. The van der Waals surface area contributed by atoms with Crippen molar-refractivity contribution < 1.29 is 20.1 Å². The van der Waals surface area contributed by atoms with Gasteiger partial charge in [0.1, 0.15) is 6.04 Å². The number of aliphatic carboxylic acids is 1. The molecule has 1 aromatic carbocycles. The van der Waals surface area contributed by atoms with Crippen molar-refractivity contribution in [1.82, 2.24) is 5.32 Å². The minimum absolute atomic E-state index is 0.531. The summed E-state index contributed by atoms with van der Waals surface area (Å²) in [6.45, 7) is 3.03. The van der Waals surface area contributed by atoms with Crippen LogP contribution in [-0.2, 0) is 4.79 Å². The van der Waals surface area contributed by atoms with Crippen LogP contribution in [0.15, 0.2) is 24.3 Å². The first-order chi connectivity index (χ1) is 8.82. The highest BCUT2D eigenvalue weighted by molar-refractivity contribution is 6.30. The molecule has 0 saturated heterocycles. The molecule has 0 aliphatic rings. The van der Waals surface area contributed by atoms with Gasteiger partial charge >= 0.3 is 5.97 Å². The Labute approximate surface area is 116 Å². The summed E-state index contributed by atoms with van der Waals surface area (Å²) in [5.41, 5.74) is 0.624. The lowest BCUT2D eigenvalue weighted by Gasteiger charge is -2.26. The molecule has 0 spiro atoms. The average molecular weight is 288 g/mol. The van der Waals surface area contributed by atoms with Gasteiger partial charge < -0.3 is 15.3 Å². The van der Waals surface area contributed by atoms with E-state index in [-0.39, 0.29) is 0 Å². The number of nitrogens with one attached hydrogen (secondary N) is 1. The predicted octanol–water partition coefficient (Wildman–Crippen LogP) is 1.19. The van der Waals surface area contributed by atoms with E-state index in [1.54, 1.807) is 31.2 Å². The molecule has 0 heterocycles. The van der Waals surface area contributed by atoms with E-state index in [1.165, 1.54) is 6.92 Å². The van der Waals surface area contributed by atoms with Crippen molar-refractivity contribution in [2.24, 2.45) is 0 Å². The lowest BCUT2D eigenvalue weighted by Crippen LogP contribution is -2.50. The number of hydrogen-bond donors (Lipinski definition) is 4. The number of hydrogen-bond acceptors (Lipinski definition) is 4. The van der Waals surface area contributed by atoms with E-state index in [2.05, 4.69) is 5.32 Å². The first-order valence-electron chi connectivity index (χ1n) is 5.93. The molecule has 0 radical (unpaired) electrons. The van der Waals surface area contributed by atoms with Gasteiger partial charge in [0.2, 0.25) is 0 Å². The first kappa shape index (κ1) is 15.9. The molecule has 5 nitrogen and oxygen atoms in total. The Morgan fingerprint density at radius 1 is 1.21 bits per heavy atom. The van der Waals surface area contributed by atoms with E-state index in [0.29, 0.717) is 10.6 Å². The van der Waals surface area contributed by atoms with Gasteiger partial charge in [-0.15, -0.1) is 0 Å². The van der Waals surface area contributed by atoms with E-state index in [1.807, 2.05) is 0 Å². The quantitative estimate of drug-likeness (QED) is 0.631. The molecule has 4 atom stereocenters. The van der Waals surface area contributed by atoms with Crippen molar-refractivity contribution in [3.63, 3.8) is 0 Å². The van der Waals surface area contributed by atoms with Crippen LogP contribution in [0.5, 0.6) is 0 Å². The number of rotatable bonds is 6. The van der Waals surface area contributed by atoms with Gasteiger partial charge in [-0.25, -0.2) is 0 Å². The SMILES string of the molecule is CC(O)C(NC(C)C(O)c1ccc(Cl)cc1)C(=O)O. The second kappa shape index (κ2) is 6.86. The largest absolute Gasteiger partial charge is 0.480 e. The Kier molecular flexibility index (Phi) is 5.75. The van der Waals surface area contributed by atoms with Crippen molar-refractivity contribution in [2.75, 3.05) is 0 Å². The molecular weight excluding hydrogens is 270 g/mol. The zero-order valence-electron chi connectivity index (χ0n) is 10.7. The normalized spacial score (nSPS) is 17.5. The van der Waals surface area contributed by atoms with Crippen molar-refractivity contribution in [3.8, 4) is 0 Å². The molecule has 0 aliphatic heterocycles. The van der Waals surface area contributed by atoms with Crippen LogP contribution >= 0.6 is 11.6 Å². The highest BCUT2D eigenvalue weighted by Crippen LogP contribution is 2.19. The molecule has 19 heavy (non-hydrogen) atoms. The third-order valence-electron chi connectivity index (χ3n) is 2.88. The molecule has 1 rings (SSSR count). The first-order valence-corrected chi connectivity index (χ1v) is 6.31. The summed E-state index contributed by atoms with van der Waals surface area (Å²) in [6.07, 6.45) is -1.95. The highest BCUT2D eigenvalue weighted by Gasteiger charge is 2.27. The van der Waals surface area contributed by atoms with Gasteiger partial charge in [-0.05, 0) is 31.5 Å². The van der Waals surface area contributed by atoms with Crippen LogP contribution in [0.3, 0.4) is 0 Å². The second-order valence-corrected chi connectivity index (χ2v) is 4.94. The maximum atomic E-state index is 11.0. The lowest BCUT2D eigenvalue weighted by molar-refractivity contribution is -0.142. The second-order valence-electron chi connectivity index (χ2n) is 4.51. The molecule has 0 saturated carbocycles. The maximum Gasteiger partial charge on any atom is 0.323 e. The van der Waals surface area contributed by atoms with Gasteiger partial charge in [0, 0.05) is 11.1 Å². The summed E-state index contributed by atoms with van der Waals surface area (Å²) in [7, 11) is 0. The number of halogens is 1. The molecule has 0 aromatic heterocycles. The van der Waals surface area contributed by atoms with Crippen LogP contribution < -0.4 is 5.32 Å². The smallest absolute Gasteiger partial charge is 0.323 e. The Bertz CT molecular complexity index is 421. The molecule has 6 heteroatoms. The predicted molar refractivity (Wildman–Crippen MR) is 72.1 cm³/mol. The van der Waals surface area contributed by atoms with Crippen LogP contribution in [0.4, 0.5) is 0 Å². The van der Waals surface area contributed by atoms with Crippen molar-refractivity contribution >= 4 is 17.6 Å². The van der Waals surface area contributed by atoms with Gasteiger partial charge in [-0.3, -0.25) is 10.1 Å². The fourth-order valence-corrected chi connectivity index (χ4v) is 1.87. The van der Waals surface area contributed by atoms with E-state index < -0.39 is 30.3 Å². The zero-order chi connectivity index (χ0) is 14.6. The summed E-state index contributed by atoms with van der Waals surface area (Å²) < 4.78 is 0. The summed E-state index contributed by atoms with van der Waals surface area (Å²) in [4.78, 5) is 11.0. The monoisotopic (exact) mass is 287 g/mol. The van der Waals surface area contributed by atoms with E-state index in [0.717, 1.165) is 0 Å². The Balaban J connectivity index is 2.73. The van der Waals surface area contributed by atoms with Gasteiger partial charge in [0.05, 0.1) is 12.2 Å². The topological polar surface area (TPSA) is 89.8 Å². The van der Waals surface area contributed by atoms with E-state index >= 15 is 0 Å². The number of carbonyl (C=O) groups is 1. The maximum absolute atomic E-state index is 11.0. The average Bonchev–Trinajstić information content (AvgIpc) is 2.34. The summed E-state index contributed by atoms with van der Waals surface area (Å²) in [6, 6.07) is 4.98. The van der Waals surface area contributed by atoms with Crippen molar-refractivity contribution in [3.05, 3.63) is 34.9 Å². The van der Waals surface area contributed by atoms with E-state index in [4.69, 9.17) is 16.7 Å². The highest BCUT2D eigenvalue weighted by atomic mass is 35.5. The van der Waals surface area contributed by atoms with Gasteiger partial charge in [0.25, 0.3) is 0 Å². The number of aliphatic hydroxyl groups excluding tert-OH is 2. The van der Waals surface area contributed by atoms with E-state index in [9.17, 15) is 15.0 Å². The Hall–Kier alpha value is -1.14. The van der Waals surface area contributed by atoms with Crippen LogP contribution in [0.25, 0.3) is 0 Å². The summed E-state index contributed by atoms with van der Waals surface area (Å²) >= 11 is 5.76. The van der Waals surface area contributed by atoms with Gasteiger partial charge in [-0.2, -0.15) is 0 Å². The Morgan fingerprint density at radius 3 is 2.16 bits per heavy atom. The molecule has 0 bridgehead atoms. The molecule has 4 unspecified atom stereocenters. The number of benzene rings is 1.